The minimum atomic E-state index is 0.208. The number of hydrogen-bond donors (Lipinski definition) is 1. The van der Waals surface area contributed by atoms with Gasteiger partial charge in [0.05, 0.1) is 18.9 Å². The van der Waals surface area contributed by atoms with E-state index in [4.69, 9.17) is 14.1 Å². The van der Waals surface area contributed by atoms with Crippen molar-refractivity contribution in [3.63, 3.8) is 0 Å². The van der Waals surface area contributed by atoms with E-state index in [9.17, 15) is 0 Å². The molecule has 5 nitrogen and oxygen atoms in total. The highest BCUT2D eigenvalue weighted by atomic mass is 16.5. The van der Waals surface area contributed by atoms with Crippen molar-refractivity contribution in [3.8, 4) is 0 Å². The number of aliphatic imine (C=N–C) groups is 1. The summed E-state index contributed by atoms with van der Waals surface area (Å²) in [5, 5.41) is 3.64. The number of hydrogen-bond acceptors (Lipinski definition) is 3. The van der Waals surface area contributed by atoms with Crippen molar-refractivity contribution in [2.45, 2.75) is 32.7 Å². The van der Waals surface area contributed by atoms with Crippen LogP contribution in [0.5, 0.6) is 0 Å². The van der Waals surface area contributed by atoms with Crippen molar-refractivity contribution in [2.75, 3.05) is 32.8 Å². The molecule has 1 N–H and O–H groups in total. The molecule has 2 heterocycles. The summed E-state index contributed by atoms with van der Waals surface area (Å²) < 4.78 is 11.1. The zero-order valence-corrected chi connectivity index (χ0v) is 16.4. The topological polar surface area (TPSA) is 50.0 Å². The van der Waals surface area contributed by atoms with Gasteiger partial charge in [-0.2, -0.15) is 0 Å². The molecule has 2 atom stereocenters. The molecule has 0 amide bonds. The van der Waals surface area contributed by atoms with Gasteiger partial charge in [0.1, 0.15) is 5.76 Å². The maximum Gasteiger partial charge on any atom is 0.194 e. The summed E-state index contributed by atoms with van der Waals surface area (Å²) in [7, 11) is 0. The zero-order valence-electron chi connectivity index (χ0n) is 16.4. The molecular formula is C22H31N3O2. The fourth-order valence-electron chi connectivity index (χ4n) is 3.43. The Bertz CT molecular complexity index is 685. The molecule has 5 heteroatoms. The highest BCUT2D eigenvalue weighted by molar-refractivity contribution is 5.80. The standard InChI is InChI=1S/C22H31N3O2/c1-3-26-17-19-12-14-25(16-19)22(23-13-11-21-10-7-15-27-21)24-18(2)20-8-5-4-6-9-20/h4-10,15,18-19H,3,11-14,16-17H2,1-2H3,(H,23,24). The number of nitrogens with zero attached hydrogens (tertiary/aromatic N) is 2. The molecule has 2 aromatic rings. The van der Waals surface area contributed by atoms with Crippen LogP contribution in [0.25, 0.3) is 0 Å². The van der Waals surface area contributed by atoms with Gasteiger partial charge in [-0.1, -0.05) is 30.3 Å². The molecule has 2 unspecified atom stereocenters. The lowest BCUT2D eigenvalue weighted by molar-refractivity contribution is 0.114. The third-order valence-corrected chi connectivity index (χ3v) is 4.99. The molecule has 1 aliphatic rings. The third kappa shape index (κ3) is 5.86. The summed E-state index contributed by atoms with van der Waals surface area (Å²) in [6, 6.07) is 14.6. The highest BCUT2D eigenvalue weighted by Crippen LogP contribution is 2.19. The van der Waals surface area contributed by atoms with Gasteiger partial charge in [0, 0.05) is 38.6 Å². The van der Waals surface area contributed by atoms with Gasteiger partial charge in [-0.25, -0.2) is 0 Å². The summed E-state index contributed by atoms with van der Waals surface area (Å²) in [6.45, 7) is 8.58. The molecule has 1 saturated heterocycles. The van der Waals surface area contributed by atoms with Crippen LogP contribution in [0.3, 0.4) is 0 Å². The maximum absolute atomic E-state index is 5.63. The van der Waals surface area contributed by atoms with Crippen molar-refractivity contribution >= 4 is 5.96 Å². The van der Waals surface area contributed by atoms with E-state index in [1.54, 1.807) is 6.26 Å². The van der Waals surface area contributed by atoms with Gasteiger partial charge in [-0.3, -0.25) is 4.99 Å². The number of furan rings is 1. The number of benzene rings is 1. The second-order valence-corrected chi connectivity index (χ2v) is 7.07. The molecule has 0 spiro atoms. The van der Waals surface area contributed by atoms with Gasteiger partial charge in [0.25, 0.3) is 0 Å². The third-order valence-electron chi connectivity index (χ3n) is 4.99. The van der Waals surface area contributed by atoms with E-state index in [-0.39, 0.29) is 6.04 Å². The Labute approximate surface area is 162 Å². The van der Waals surface area contributed by atoms with E-state index in [0.29, 0.717) is 12.5 Å². The number of rotatable bonds is 8. The first-order chi connectivity index (χ1) is 13.3. The zero-order chi connectivity index (χ0) is 18.9. The smallest absolute Gasteiger partial charge is 0.194 e. The normalized spacial score (nSPS) is 18.7. The lowest BCUT2D eigenvalue weighted by atomic mass is 10.1. The van der Waals surface area contributed by atoms with Gasteiger partial charge in [0.2, 0.25) is 0 Å². The van der Waals surface area contributed by atoms with E-state index < -0.39 is 0 Å². The van der Waals surface area contributed by atoms with Crippen molar-refractivity contribution < 1.29 is 9.15 Å². The SMILES string of the molecule is CCOCC1CCN(C(=NCCc2ccco2)NC(C)c2ccccc2)C1. The fourth-order valence-corrected chi connectivity index (χ4v) is 3.43. The van der Waals surface area contributed by atoms with Crippen LogP contribution in [0.1, 0.15) is 37.6 Å². The molecule has 1 aromatic carbocycles. The lowest BCUT2D eigenvalue weighted by Gasteiger charge is -2.25. The van der Waals surface area contributed by atoms with E-state index in [2.05, 4.69) is 48.3 Å². The van der Waals surface area contributed by atoms with Crippen LogP contribution < -0.4 is 5.32 Å². The maximum atomic E-state index is 5.63. The Balaban J connectivity index is 1.64. The number of guanidine groups is 1. The van der Waals surface area contributed by atoms with Crippen LogP contribution >= 0.6 is 0 Å². The van der Waals surface area contributed by atoms with E-state index in [1.165, 1.54) is 5.56 Å². The van der Waals surface area contributed by atoms with Crippen molar-refractivity contribution in [2.24, 2.45) is 10.9 Å². The molecular weight excluding hydrogens is 338 g/mol. The van der Waals surface area contributed by atoms with Crippen LogP contribution in [0.2, 0.25) is 0 Å². The Kier molecular flexibility index (Phi) is 7.34. The first-order valence-corrected chi connectivity index (χ1v) is 9.97. The number of ether oxygens (including phenoxy) is 1. The Morgan fingerprint density at radius 2 is 2.15 bits per heavy atom. The van der Waals surface area contributed by atoms with Crippen molar-refractivity contribution in [3.05, 3.63) is 60.1 Å². The van der Waals surface area contributed by atoms with Gasteiger partial charge in [-0.05, 0) is 38.0 Å². The molecule has 0 radical (unpaired) electrons. The minimum Gasteiger partial charge on any atom is -0.469 e. The van der Waals surface area contributed by atoms with E-state index in [1.807, 2.05) is 18.2 Å². The Hall–Kier alpha value is -2.27. The molecule has 0 saturated carbocycles. The van der Waals surface area contributed by atoms with Crippen LogP contribution in [-0.4, -0.2) is 43.7 Å². The largest absolute Gasteiger partial charge is 0.469 e. The van der Waals surface area contributed by atoms with E-state index >= 15 is 0 Å². The summed E-state index contributed by atoms with van der Waals surface area (Å²) in [5.74, 6) is 2.54. The van der Waals surface area contributed by atoms with Gasteiger partial charge >= 0.3 is 0 Å². The van der Waals surface area contributed by atoms with Crippen molar-refractivity contribution in [1.82, 2.24) is 10.2 Å². The second-order valence-electron chi connectivity index (χ2n) is 7.07. The predicted octanol–water partition coefficient (Wildman–Crippen LogP) is 3.89. The molecule has 3 rings (SSSR count). The van der Waals surface area contributed by atoms with Crippen LogP contribution in [-0.2, 0) is 11.2 Å². The summed E-state index contributed by atoms with van der Waals surface area (Å²) in [5.41, 5.74) is 1.27. The summed E-state index contributed by atoms with van der Waals surface area (Å²) in [4.78, 5) is 7.26. The Morgan fingerprint density at radius 3 is 2.89 bits per heavy atom. The number of likely N-dealkylation sites (tertiary alicyclic amines) is 1. The summed E-state index contributed by atoms with van der Waals surface area (Å²) in [6.07, 6.45) is 3.68. The van der Waals surface area contributed by atoms with Crippen molar-refractivity contribution in [1.29, 1.82) is 0 Å². The molecule has 1 aromatic heterocycles. The first kappa shape index (κ1) is 19.5. The summed E-state index contributed by atoms with van der Waals surface area (Å²) >= 11 is 0. The van der Waals surface area contributed by atoms with Crippen LogP contribution in [0.4, 0.5) is 0 Å². The van der Waals surface area contributed by atoms with E-state index in [0.717, 1.165) is 50.9 Å². The average molecular weight is 370 g/mol. The average Bonchev–Trinajstić information content (AvgIpc) is 3.38. The van der Waals surface area contributed by atoms with Gasteiger partial charge in [-0.15, -0.1) is 0 Å². The fraction of sp³-hybridized carbons (Fsp3) is 0.500. The second kappa shape index (κ2) is 10.2. The molecule has 27 heavy (non-hydrogen) atoms. The molecule has 146 valence electrons. The lowest BCUT2D eigenvalue weighted by Crippen LogP contribution is -2.41. The molecule has 1 fully saturated rings. The monoisotopic (exact) mass is 369 g/mol. The highest BCUT2D eigenvalue weighted by Gasteiger charge is 2.26. The van der Waals surface area contributed by atoms with Crippen LogP contribution in [0.15, 0.2) is 58.1 Å². The quantitative estimate of drug-likeness (QED) is 0.567. The van der Waals surface area contributed by atoms with Gasteiger partial charge in [0.15, 0.2) is 5.96 Å². The minimum absolute atomic E-state index is 0.208. The van der Waals surface area contributed by atoms with Gasteiger partial charge < -0.3 is 19.4 Å². The van der Waals surface area contributed by atoms with Crippen LogP contribution in [0, 0.1) is 5.92 Å². The molecule has 0 aliphatic carbocycles. The predicted molar refractivity (Wildman–Crippen MR) is 109 cm³/mol. The Morgan fingerprint density at radius 1 is 1.30 bits per heavy atom. The number of nitrogens with one attached hydrogen (secondary N) is 1. The molecule has 0 bridgehead atoms. The first-order valence-electron chi connectivity index (χ1n) is 9.97. The molecule has 1 aliphatic heterocycles.